The average molecular weight is 311 g/mol. The maximum Gasteiger partial charge on any atom is 0.219 e. The van der Waals surface area contributed by atoms with E-state index in [2.05, 4.69) is 35.3 Å². The summed E-state index contributed by atoms with van der Waals surface area (Å²) in [6, 6.07) is 0. The van der Waals surface area contributed by atoms with Gasteiger partial charge in [0.2, 0.25) is 11.8 Å². The van der Waals surface area contributed by atoms with Crippen molar-refractivity contribution in [3.8, 4) is 0 Å². The van der Waals surface area contributed by atoms with Crippen molar-refractivity contribution in [3.63, 3.8) is 0 Å². The number of fused-ring (bicyclic) bond motifs is 1. The van der Waals surface area contributed by atoms with Crippen LogP contribution >= 0.6 is 0 Å². The molecule has 0 amide bonds. The van der Waals surface area contributed by atoms with Gasteiger partial charge in [-0.25, -0.2) is 9.97 Å². The fourth-order valence-electron chi connectivity index (χ4n) is 3.25. The molecule has 1 N–H and O–H groups in total. The van der Waals surface area contributed by atoms with Crippen molar-refractivity contribution < 1.29 is 4.42 Å². The maximum absolute atomic E-state index is 5.86. The van der Waals surface area contributed by atoms with Gasteiger partial charge in [0.1, 0.15) is 12.1 Å². The van der Waals surface area contributed by atoms with Crippen LogP contribution in [0, 0.1) is 0 Å². The van der Waals surface area contributed by atoms with Crippen LogP contribution in [0.4, 0.5) is 5.82 Å². The molecule has 118 valence electrons. The molecule has 0 aromatic carbocycles. The molecule has 3 aromatic rings. The van der Waals surface area contributed by atoms with Crippen molar-refractivity contribution in [2.45, 2.75) is 37.5 Å². The monoisotopic (exact) mass is 311 g/mol. The predicted octanol–water partition coefficient (Wildman–Crippen LogP) is 2.00. The van der Waals surface area contributed by atoms with E-state index < -0.39 is 0 Å². The minimum Gasteiger partial charge on any atom is -0.425 e. The molecule has 0 unspecified atom stereocenters. The predicted molar refractivity (Wildman–Crippen MR) is 82.1 cm³/mol. The molecule has 5 rings (SSSR count). The second-order valence-electron chi connectivity index (χ2n) is 6.34. The van der Waals surface area contributed by atoms with Crippen LogP contribution in [-0.2, 0) is 0 Å². The Bertz CT molecular complexity index is 829. The van der Waals surface area contributed by atoms with Gasteiger partial charge in [-0.1, -0.05) is 0 Å². The molecule has 0 bridgehead atoms. The van der Waals surface area contributed by atoms with Gasteiger partial charge in [0, 0.05) is 24.9 Å². The fourth-order valence-corrected chi connectivity index (χ4v) is 3.25. The Labute approximate surface area is 132 Å². The lowest BCUT2D eigenvalue weighted by Gasteiger charge is -2.31. The van der Waals surface area contributed by atoms with Gasteiger partial charge in [0.15, 0.2) is 5.65 Å². The molecule has 1 saturated heterocycles. The molecule has 2 aliphatic rings. The van der Waals surface area contributed by atoms with Crippen LogP contribution in [0.5, 0.6) is 0 Å². The number of H-pyrrole nitrogens is 1. The topological polar surface area (TPSA) is 96.6 Å². The van der Waals surface area contributed by atoms with Crippen molar-refractivity contribution in [1.29, 1.82) is 0 Å². The third-order valence-corrected chi connectivity index (χ3v) is 4.75. The highest BCUT2D eigenvalue weighted by atomic mass is 16.4. The number of hydrogen-bond acceptors (Lipinski definition) is 7. The Morgan fingerprint density at radius 2 is 1.74 bits per heavy atom. The van der Waals surface area contributed by atoms with Crippen molar-refractivity contribution in [3.05, 3.63) is 24.3 Å². The summed E-state index contributed by atoms with van der Waals surface area (Å²) in [7, 11) is 0. The number of aromatic nitrogens is 6. The molecule has 1 aliphatic heterocycles. The zero-order valence-electron chi connectivity index (χ0n) is 12.6. The van der Waals surface area contributed by atoms with E-state index in [4.69, 9.17) is 4.42 Å². The van der Waals surface area contributed by atoms with Gasteiger partial charge in [0.05, 0.1) is 11.6 Å². The minimum atomic E-state index is 0.355. The van der Waals surface area contributed by atoms with Gasteiger partial charge in [-0.2, -0.15) is 5.10 Å². The molecule has 2 fully saturated rings. The van der Waals surface area contributed by atoms with E-state index in [1.807, 2.05) is 0 Å². The SMILES string of the molecule is c1nc(N2CCC(c3nnc(C4CC4)o3)CC2)c2cn[nH]c2n1. The lowest BCUT2D eigenvalue weighted by molar-refractivity contribution is 0.375. The van der Waals surface area contributed by atoms with E-state index in [9.17, 15) is 0 Å². The van der Waals surface area contributed by atoms with E-state index in [1.165, 1.54) is 12.8 Å². The van der Waals surface area contributed by atoms with Crippen LogP contribution in [0.3, 0.4) is 0 Å². The van der Waals surface area contributed by atoms with Crippen LogP contribution in [-0.4, -0.2) is 43.5 Å². The van der Waals surface area contributed by atoms with Crippen molar-refractivity contribution in [2.75, 3.05) is 18.0 Å². The largest absolute Gasteiger partial charge is 0.425 e. The molecule has 4 heterocycles. The molecular formula is C15H17N7O. The Balaban J connectivity index is 1.32. The lowest BCUT2D eigenvalue weighted by Crippen LogP contribution is -2.33. The average Bonchev–Trinajstić information content (AvgIpc) is 3.13. The zero-order chi connectivity index (χ0) is 15.2. The van der Waals surface area contributed by atoms with E-state index in [0.29, 0.717) is 11.8 Å². The summed E-state index contributed by atoms with van der Waals surface area (Å²) in [5.74, 6) is 3.46. The van der Waals surface area contributed by atoms with Crippen LogP contribution in [0.25, 0.3) is 11.0 Å². The summed E-state index contributed by atoms with van der Waals surface area (Å²) < 4.78 is 5.86. The third kappa shape index (κ3) is 2.25. The molecular weight excluding hydrogens is 294 g/mol. The normalized spacial score (nSPS) is 19.6. The van der Waals surface area contributed by atoms with Crippen LogP contribution in [0.2, 0.25) is 0 Å². The van der Waals surface area contributed by atoms with Gasteiger partial charge in [-0.3, -0.25) is 5.10 Å². The summed E-state index contributed by atoms with van der Waals surface area (Å²) in [6.07, 6.45) is 7.74. The fraction of sp³-hybridized carbons (Fsp3) is 0.533. The van der Waals surface area contributed by atoms with Crippen LogP contribution < -0.4 is 4.90 Å². The first-order valence-corrected chi connectivity index (χ1v) is 8.11. The Kier molecular flexibility index (Phi) is 2.82. The smallest absolute Gasteiger partial charge is 0.219 e. The number of anilines is 1. The molecule has 0 spiro atoms. The first-order valence-electron chi connectivity index (χ1n) is 8.11. The number of piperidine rings is 1. The number of rotatable bonds is 3. The van der Waals surface area contributed by atoms with Gasteiger partial charge in [-0.05, 0) is 25.7 Å². The number of hydrogen-bond donors (Lipinski definition) is 1. The van der Waals surface area contributed by atoms with Gasteiger partial charge in [-0.15, -0.1) is 10.2 Å². The second kappa shape index (κ2) is 5.00. The van der Waals surface area contributed by atoms with Crippen LogP contribution in [0.15, 0.2) is 16.9 Å². The minimum absolute atomic E-state index is 0.355. The number of nitrogens with one attached hydrogen (secondary N) is 1. The van der Waals surface area contributed by atoms with Crippen LogP contribution in [0.1, 0.15) is 49.3 Å². The Morgan fingerprint density at radius 1 is 1.00 bits per heavy atom. The summed E-state index contributed by atoms with van der Waals surface area (Å²) in [5, 5.41) is 16.4. The molecule has 0 radical (unpaired) electrons. The summed E-state index contributed by atoms with van der Waals surface area (Å²) >= 11 is 0. The molecule has 3 aromatic heterocycles. The third-order valence-electron chi connectivity index (χ3n) is 4.75. The summed E-state index contributed by atoms with van der Waals surface area (Å²) in [5.41, 5.74) is 0.781. The van der Waals surface area contributed by atoms with Crippen molar-refractivity contribution >= 4 is 16.9 Å². The zero-order valence-corrected chi connectivity index (χ0v) is 12.6. The van der Waals surface area contributed by atoms with E-state index in [1.54, 1.807) is 12.5 Å². The number of aromatic amines is 1. The van der Waals surface area contributed by atoms with E-state index in [0.717, 1.165) is 54.6 Å². The van der Waals surface area contributed by atoms with E-state index in [-0.39, 0.29) is 0 Å². The highest BCUT2D eigenvalue weighted by Gasteiger charge is 2.32. The lowest BCUT2D eigenvalue weighted by atomic mass is 9.97. The van der Waals surface area contributed by atoms with Gasteiger partial charge >= 0.3 is 0 Å². The quantitative estimate of drug-likeness (QED) is 0.790. The van der Waals surface area contributed by atoms with Gasteiger partial charge in [0.25, 0.3) is 0 Å². The molecule has 1 saturated carbocycles. The Morgan fingerprint density at radius 3 is 2.48 bits per heavy atom. The molecule has 0 atom stereocenters. The molecule has 23 heavy (non-hydrogen) atoms. The first kappa shape index (κ1) is 13.0. The highest BCUT2D eigenvalue weighted by Crippen LogP contribution is 2.40. The summed E-state index contributed by atoms with van der Waals surface area (Å²) in [6.45, 7) is 1.84. The van der Waals surface area contributed by atoms with Gasteiger partial charge < -0.3 is 9.32 Å². The standard InChI is InChI=1S/C15H17N7O/c1-2-9(1)14-20-21-15(23-14)10-3-5-22(6-4-10)13-11-7-18-19-12(11)16-8-17-13/h7-10H,1-6H2,(H,16,17,18,19). The summed E-state index contributed by atoms with van der Waals surface area (Å²) in [4.78, 5) is 10.9. The molecule has 1 aliphatic carbocycles. The van der Waals surface area contributed by atoms with Crippen molar-refractivity contribution in [2.24, 2.45) is 0 Å². The molecule has 8 nitrogen and oxygen atoms in total. The second-order valence-corrected chi connectivity index (χ2v) is 6.34. The number of nitrogens with zero attached hydrogens (tertiary/aromatic N) is 6. The maximum atomic E-state index is 5.86. The first-order chi connectivity index (χ1) is 11.4. The van der Waals surface area contributed by atoms with Crippen molar-refractivity contribution in [1.82, 2.24) is 30.4 Å². The Hall–Kier alpha value is -2.51. The highest BCUT2D eigenvalue weighted by molar-refractivity contribution is 5.86. The molecule has 8 heteroatoms. The van der Waals surface area contributed by atoms with E-state index >= 15 is 0 Å².